The highest BCUT2D eigenvalue weighted by Crippen LogP contribution is 2.19. The molecule has 0 aliphatic rings. The van der Waals surface area contributed by atoms with E-state index in [9.17, 15) is 4.79 Å². The highest BCUT2D eigenvalue weighted by molar-refractivity contribution is 5.96. The van der Waals surface area contributed by atoms with Crippen molar-refractivity contribution in [1.82, 2.24) is 4.98 Å². The van der Waals surface area contributed by atoms with E-state index in [-0.39, 0.29) is 5.70 Å². The van der Waals surface area contributed by atoms with Crippen LogP contribution in [0.3, 0.4) is 0 Å². The van der Waals surface area contributed by atoms with Gasteiger partial charge in [0.1, 0.15) is 5.70 Å². The molecule has 0 aliphatic heterocycles. The molecule has 3 N–H and O–H groups in total. The van der Waals surface area contributed by atoms with Crippen LogP contribution in [0.1, 0.15) is 5.56 Å². The number of aromatic nitrogens is 1. The molecule has 0 fully saturated rings. The normalized spacial score (nSPS) is 11.6. The molecule has 2 aromatic rings. The van der Waals surface area contributed by atoms with Gasteiger partial charge in [0, 0.05) is 17.8 Å². The largest absolute Gasteiger partial charge is 0.477 e. The first-order chi connectivity index (χ1) is 7.68. The number of fused-ring (bicyclic) bond motifs is 1. The van der Waals surface area contributed by atoms with Crippen molar-refractivity contribution in [2.75, 3.05) is 0 Å². The SMILES string of the molecule is N/C(=C/c1cccc2cnccc12)C(=O)O. The summed E-state index contributed by atoms with van der Waals surface area (Å²) in [6.07, 6.45) is 4.84. The summed E-state index contributed by atoms with van der Waals surface area (Å²) in [7, 11) is 0. The standard InChI is InChI=1S/C12H10N2O2/c13-11(12(15)16)6-8-2-1-3-9-7-14-5-4-10(8)9/h1-7H,13H2,(H,15,16)/b11-6+. The molecule has 2 rings (SSSR count). The van der Waals surface area contributed by atoms with Crippen LogP contribution < -0.4 is 5.73 Å². The Bertz CT molecular complexity index is 571. The van der Waals surface area contributed by atoms with E-state index in [2.05, 4.69) is 4.98 Å². The zero-order valence-electron chi connectivity index (χ0n) is 8.42. The van der Waals surface area contributed by atoms with Gasteiger partial charge in [-0.05, 0) is 23.1 Å². The van der Waals surface area contributed by atoms with E-state index in [1.807, 2.05) is 24.3 Å². The lowest BCUT2D eigenvalue weighted by molar-refractivity contribution is -0.132. The molecule has 0 spiro atoms. The highest BCUT2D eigenvalue weighted by atomic mass is 16.4. The summed E-state index contributed by atoms with van der Waals surface area (Å²) in [5.41, 5.74) is 5.99. The Labute approximate surface area is 92.0 Å². The smallest absolute Gasteiger partial charge is 0.351 e. The van der Waals surface area contributed by atoms with Gasteiger partial charge in [-0.2, -0.15) is 0 Å². The summed E-state index contributed by atoms with van der Waals surface area (Å²) < 4.78 is 0. The topological polar surface area (TPSA) is 76.2 Å². The lowest BCUT2D eigenvalue weighted by Gasteiger charge is -2.01. The van der Waals surface area contributed by atoms with E-state index in [1.165, 1.54) is 6.08 Å². The first kappa shape index (κ1) is 10.2. The van der Waals surface area contributed by atoms with Crippen LogP contribution in [0.5, 0.6) is 0 Å². The third-order valence-electron chi connectivity index (χ3n) is 2.27. The number of carboxylic acid groups (broad SMARTS) is 1. The van der Waals surface area contributed by atoms with E-state index >= 15 is 0 Å². The molecule has 0 radical (unpaired) electrons. The van der Waals surface area contributed by atoms with Crippen molar-refractivity contribution in [2.24, 2.45) is 5.73 Å². The Kier molecular flexibility index (Phi) is 2.55. The van der Waals surface area contributed by atoms with Gasteiger partial charge in [-0.25, -0.2) is 4.79 Å². The van der Waals surface area contributed by atoms with Crippen molar-refractivity contribution in [3.05, 3.63) is 47.9 Å². The molecule has 0 aliphatic carbocycles. The second kappa shape index (κ2) is 4.02. The van der Waals surface area contributed by atoms with Crippen LogP contribution in [0, 0.1) is 0 Å². The van der Waals surface area contributed by atoms with Crippen molar-refractivity contribution >= 4 is 22.8 Å². The Morgan fingerprint density at radius 3 is 2.94 bits per heavy atom. The minimum Gasteiger partial charge on any atom is -0.477 e. The number of nitrogens with zero attached hydrogens (tertiary/aromatic N) is 1. The van der Waals surface area contributed by atoms with Gasteiger partial charge in [0.05, 0.1) is 0 Å². The number of carbonyl (C=O) groups is 1. The number of carboxylic acids is 1. The average Bonchev–Trinajstić information content (AvgIpc) is 2.29. The third kappa shape index (κ3) is 1.86. The van der Waals surface area contributed by atoms with Gasteiger partial charge in [0.2, 0.25) is 0 Å². The molecule has 0 saturated carbocycles. The maximum atomic E-state index is 10.6. The highest BCUT2D eigenvalue weighted by Gasteiger charge is 2.03. The van der Waals surface area contributed by atoms with Gasteiger partial charge in [0.25, 0.3) is 0 Å². The number of aliphatic carboxylic acids is 1. The van der Waals surface area contributed by atoms with Crippen molar-refractivity contribution < 1.29 is 9.90 Å². The molecular formula is C12H10N2O2. The Balaban J connectivity index is 2.61. The molecule has 80 valence electrons. The molecule has 0 saturated heterocycles. The number of hydrogen-bond donors (Lipinski definition) is 2. The van der Waals surface area contributed by atoms with Crippen LogP contribution in [-0.2, 0) is 4.79 Å². The molecule has 16 heavy (non-hydrogen) atoms. The Morgan fingerprint density at radius 2 is 2.19 bits per heavy atom. The van der Waals surface area contributed by atoms with Gasteiger partial charge in [-0.15, -0.1) is 0 Å². The fourth-order valence-electron chi connectivity index (χ4n) is 1.50. The number of benzene rings is 1. The Hall–Kier alpha value is -2.36. The van der Waals surface area contributed by atoms with E-state index in [4.69, 9.17) is 10.8 Å². The van der Waals surface area contributed by atoms with Gasteiger partial charge in [0.15, 0.2) is 0 Å². The summed E-state index contributed by atoms with van der Waals surface area (Å²) in [6.45, 7) is 0. The Morgan fingerprint density at radius 1 is 1.38 bits per heavy atom. The van der Waals surface area contributed by atoms with Crippen LogP contribution in [-0.4, -0.2) is 16.1 Å². The molecule has 1 aromatic carbocycles. The molecule has 0 unspecified atom stereocenters. The maximum Gasteiger partial charge on any atom is 0.351 e. The van der Waals surface area contributed by atoms with Crippen LogP contribution in [0.25, 0.3) is 16.8 Å². The van der Waals surface area contributed by atoms with Gasteiger partial charge < -0.3 is 10.8 Å². The zero-order valence-corrected chi connectivity index (χ0v) is 8.42. The zero-order chi connectivity index (χ0) is 11.5. The monoisotopic (exact) mass is 214 g/mol. The summed E-state index contributed by atoms with van der Waals surface area (Å²) in [6, 6.07) is 7.40. The second-order valence-corrected chi connectivity index (χ2v) is 3.35. The first-order valence-corrected chi connectivity index (χ1v) is 4.71. The first-order valence-electron chi connectivity index (χ1n) is 4.71. The summed E-state index contributed by atoms with van der Waals surface area (Å²) in [5, 5.41) is 10.6. The van der Waals surface area contributed by atoms with Crippen LogP contribution in [0.15, 0.2) is 42.4 Å². The van der Waals surface area contributed by atoms with Gasteiger partial charge in [-0.1, -0.05) is 18.2 Å². The van der Waals surface area contributed by atoms with E-state index in [0.717, 1.165) is 16.3 Å². The maximum absolute atomic E-state index is 10.6. The number of hydrogen-bond acceptors (Lipinski definition) is 3. The van der Waals surface area contributed by atoms with Crippen molar-refractivity contribution in [3.8, 4) is 0 Å². The molecule has 1 heterocycles. The minimum atomic E-state index is -1.12. The predicted molar refractivity (Wildman–Crippen MR) is 61.5 cm³/mol. The number of nitrogens with two attached hydrogens (primary N) is 1. The van der Waals surface area contributed by atoms with E-state index < -0.39 is 5.97 Å². The lowest BCUT2D eigenvalue weighted by Crippen LogP contribution is -2.09. The third-order valence-corrected chi connectivity index (χ3v) is 2.27. The number of pyridine rings is 1. The van der Waals surface area contributed by atoms with Crippen LogP contribution >= 0.6 is 0 Å². The minimum absolute atomic E-state index is 0.177. The molecule has 1 aromatic heterocycles. The summed E-state index contributed by atoms with van der Waals surface area (Å²) in [5.74, 6) is -1.12. The van der Waals surface area contributed by atoms with Crippen LogP contribution in [0.4, 0.5) is 0 Å². The average molecular weight is 214 g/mol. The van der Waals surface area contributed by atoms with Gasteiger partial charge >= 0.3 is 5.97 Å². The second-order valence-electron chi connectivity index (χ2n) is 3.35. The van der Waals surface area contributed by atoms with Crippen LogP contribution in [0.2, 0.25) is 0 Å². The van der Waals surface area contributed by atoms with Gasteiger partial charge in [-0.3, -0.25) is 4.98 Å². The molecule has 4 nitrogen and oxygen atoms in total. The summed E-state index contributed by atoms with van der Waals surface area (Å²) >= 11 is 0. The predicted octanol–water partition coefficient (Wildman–Crippen LogP) is 1.62. The van der Waals surface area contributed by atoms with E-state index in [1.54, 1.807) is 12.4 Å². The molecule has 0 atom stereocenters. The molecule has 0 bridgehead atoms. The lowest BCUT2D eigenvalue weighted by atomic mass is 10.1. The molecule has 4 heteroatoms. The van der Waals surface area contributed by atoms with Crippen molar-refractivity contribution in [3.63, 3.8) is 0 Å². The quantitative estimate of drug-likeness (QED) is 0.745. The van der Waals surface area contributed by atoms with Crippen molar-refractivity contribution in [2.45, 2.75) is 0 Å². The fourth-order valence-corrected chi connectivity index (χ4v) is 1.50. The van der Waals surface area contributed by atoms with Crippen molar-refractivity contribution in [1.29, 1.82) is 0 Å². The molecular weight excluding hydrogens is 204 g/mol. The molecule has 0 amide bonds. The number of rotatable bonds is 2. The summed E-state index contributed by atoms with van der Waals surface area (Å²) in [4.78, 5) is 14.6. The fraction of sp³-hybridized carbons (Fsp3) is 0. The van der Waals surface area contributed by atoms with E-state index in [0.29, 0.717) is 0 Å².